The lowest BCUT2D eigenvalue weighted by atomic mass is 9.99. The third kappa shape index (κ3) is 5.33. The lowest BCUT2D eigenvalue weighted by molar-refractivity contribution is -0.129. The van der Waals surface area contributed by atoms with E-state index in [2.05, 4.69) is 5.32 Å². The Morgan fingerprint density at radius 2 is 1.92 bits per heavy atom. The molecule has 1 fully saturated rings. The zero-order valence-electron chi connectivity index (χ0n) is 15.5. The van der Waals surface area contributed by atoms with E-state index in [0.29, 0.717) is 18.9 Å². The fraction of sp³-hybridized carbons (Fsp3) is 0.409. The first-order chi connectivity index (χ1) is 12.7. The minimum Gasteiger partial charge on any atom is -0.489 e. The van der Waals surface area contributed by atoms with Crippen LogP contribution in [0.25, 0.3) is 0 Å². The third-order valence-corrected chi connectivity index (χ3v) is 4.91. The summed E-state index contributed by atoms with van der Waals surface area (Å²) in [4.78, 5) is 14.5. The number of hydrogen-bond acceptors (Lipinski definition) is 3. The Labute approximate surface area is 156 Å². The molecule has 4 heteroatoms. The molecule has 0 aromatic heterocycles. The number of amides is 1. The number of hydrogen-bond donors (Lipinski definition) is 1. The van der Waals surface area contributed by atoms with Gasteiger partial charge in [0.1, 0.15) is 12.4 Å². The molecule has 2 aromatic rings. The van der Waals surface area contributed by atoms with E-state index in [4.69, 9.17) is 4.74 Å². The van der Waals surface area contributed by atoms with Crippen LogP contribution in [0.4, 0.5) is 0 Å². The first-order valence-electron chi connectivity index (χ1n) is 9.41. The molecule has 1 amide bonds. The highest BCUT2D eigenvalue weighted by atomic mass is 16.5. The molecule has 26 heavy (non-hydrogen) atoms. The molecule has 0 bridgehead atoms. The second-order valence-corrected chi connectivity index (χ2v) is 7.05. The van der Waals surface area contributed by atoms with E-state index in [1.807, 2.05) is 66.5 Å². The minimum absolute atomic E-state index is 0.145. The molecule has 1 saturated heterocycles. The van der Waals surface area contributed by atoms with Crippen LogP contribution >= 0.6 is 0 Å². The maximum atomic E-state index is 12.7. The molecule has 1 heterocycles. The van der Waals surface area contributed by atoms with Crippen molar-refractivity contribution in [2.24, 2.45) is 5.92 Å². The van der Waals surface area contributed by atoms with Gasteiger partial charge in [-0.25, -0.2) is 0 Å². The van der Waals surface area contributed by atoms with Crippen LogP contribution in [-0.2, 0) is 17.8 Å². The van der Waals surface area contributed by atoms with Gasteiger partial charge in [-0.05, 0) is 43.5 Å². The fourth-order valence-electron chi connectivity index (χ4n) is 3.39. The van der Waals surface area contributed by atoms with Crippen molar-refractivity contribution in [3.63, 3.8) is 0 Å². The normalized spacial score (nSPS) is 16.9. The molecule has 0 saturated carbocycles. The Morgan fingerprint density at radius 3 is 2.69 bits per heavy atom. The van der Waals surface area contributed by atoms with Gasteiger partial charge in [-0.1, -0.05) is 48.5 Å². The van der Waals surface area contributed by atoms with Gasteiger partial charge < -0.3 is 15.0 Å². The molecule has 1 aliphatic rings. The Bertz CT molecular complexity index is 696. The minimum atomic E-state index is 0.145. The van der Waals surface area contributed by atoms with E-state index < -0.39 is 0 Å². The highest BCUT2D eigenvalue weighted by molar-refractivity contribution is 5.79. The number of likely N-dealkylation sites (N-methyl/N-ethyl adjacent to an activating group) is 1. The van der Waals surface area contributed by atoms with Crippen molar-refractivity contribution in [1.82, 2.24) is 10.2 Å². The van der Waals surface area contributed by atoms with Crippen LogP contribution in [0, 0.1) is 5.92 Å². The van der Waals surface area contributed by atoms with Crippen molar-refractivity contribution in [2.75, 3.05) is 26.7 Å². The van der Waals surface area contributed by atoms with Crippen LogP contribution < -0.4 is 10.1 Å². The van der Waals surface area contributed by atoms with Crippen molar-refractivity contribution in [3.8, 4) is 5.75 Å². The number of rotatable bonds is 7. The monoisotopic (exact) mass is 352 g/mol. The summed E-state index contributed by atoms with van der Waals surface area (Å²) in [5.41, 5.74) is 2.07. The molecule has 1 N–H and O–H groups in total. The molecular weight excluding hydrogens is 324 g/mol. The largest absolute Gasteiger partial charge is 0.489 e. The van der Waals surface area contributed by atoms with E-state index >= 15 is 0 Å². The van der Waals surface area contributed by atoms with Crippen molar-refractivity contribution in [1.29, 1.82) is 0 Å². The maximum Gasteiger partial charge on any atom is 0.226 e. The topological polar surface area (TPSA) is 41.6 Å². The van der Waals surface area contributed by atoms with E-state index in [9.17, 15) is 4.79 Å². The molecule has 0 aliphatic carbocycles. The van der Waals surface area contributed by atoms with E-state index in [1.165, 1.54) is 12.8 Å². The summed E-state index contributed by atoms with van der Waals surface area (Å²) in [5, 5.41) is 3.41. The highest BCUT2D eigenvalue weighted by Crippen LogP contribution is 2.21. The number of para-hydroxylation sites is 1. The van der Waals surface area contributed by atoms with Crippen molar-refractivity contribution in [2.45, 2.75) is 25.9 Å². The van der Waals surface area contributed by atoms with Crippen molar-refractivity contribution in [3.05, 3.63) is 65.7 Å². The summed E-state index contributed by atoms with van der Waals surface area (Å²) in [5.74, 6) is 1.49. The average Bonchev–Trinajstić information content (AvgIpc) is 2.69. The van der Waals surface area contributed by atoms with E-state index in [-0.39, 0.29) is 5.91 Å². The average molecular weight is 352 g/mol. The van der Waals surface area contributed by atoms with Crippen LogP contribution in [0.3, 0.4) is 0 Å². The van der Waals surface area contributed by atoms with Crippen LogP contribution in [-0.4, -0.2) is 37.5 Å². The first-order valence-corrected chi connectivity index (χ1v) is 9.41. The van der Waals surface area contributed by atoms with Gasteiger partial charge in [0.2, 0.25) is 5.91 Å². The first kappa shape index (κ1) is 18.5. The van der Waals surface area contributed by atoms with Gasteiger partial charge in [-0.15, -0.1) is 0 Å². The Kier molecular flexibility index (Phi) is 6.67. The van der Waals surface area contributed by atoms with Crippen molar-refractivity contribution < 1.29 is 9.53 Å². The standard InChI is InChI=1S/C22H28N2O2/c1-24(16-19-10-7-13-23-15-19)22(25)14-20-11-5-6-12-21(20)26-17-18-8-3-2-4-9-18/h2-6,8-9,11-12,19,23H,7,10,13-17H2,1H3/t19-/m1/s1. The lowest BCUT2D eigenvalue weighted by Gasteiger charge is -2.28. The molecule has 1 aliphatic heterocycles. The van der Waals surface area contributed by atoms with Crippen molar-refractivity contribution >= 4 is 5.91 Å². The smallest absolute Gasteiger partial charge is 0.226 e. The Morgan fingerprint density at radius 1 is 1.15 bits per heavy atom. The third-order valence-electron chi connectivity index (χ3n) is 4.91. The molecule has 0 radical (unpaired) electrons. The molecule has 1 atom stereocenters. The maximum absolute atomic E-state index is 12.7. The van der Waals surface area contributed by atoms with Gasteiger partial charge in [-0.3, -0.25) is 4.79 Å². The molecule has 2 aromatic carbocycles. The Balaban J connectivity index is 1.57. The number of carbonyl (C=O) groups excluding carboxylic acids is 1. The molecular formula is C22H28N2O2. The second-order valence-electron chi connectivity index (χ2n) is 7.05. The second kappa shape index (κ2) is 9.39. The van der Waals surface area contributed by atoms with Gasteiger partial charge in [0, 0.05) is 19.2 Å². The number of piperidine rings is 1. The highest BCUT2D eigenvalue weighted by Gasteiger charge is 2.19. The molecule has 0 unspecified atom stereocenters. The Hall–Kier alpha value is -2.33. The van der Waals surface area contributed by atoms with E-state index in [0.717, 1.165) is 36.5 Å². The SMILES string of the molecule is CN(C[C@@H]1CCCNC1)C(=O)Cc1ccccc1OCc1ccccc1. The number of benzene rings is 2. The number of ether oxygens (including phenoxy) is 1. The lowest BCUT2D eigenvalue weighted by Crippen LogP contribution is -2.39. The number of nitrogens with one attached hydrogen (secondary N) is 1. The summed E-state index contributed by atoms with van der Waals surface area (Å²) in [6.45, 7) is 3.43. The summed E-state index contributed by atoms with van der Waals surface area (Å²) in [6, 6.07) is 17.9. The van der Waals surface area contributed by atoms with Crippen LogP contribution in [0.1, 0.15) is 24.0 Å². The van der Waals surface area contributed by atoms with Gasteiger partial charge in [0.15, 0.2) is 0 Å². The quantitative estimate of drug-likeness (QED) is 0.832. The van der Waals surface area contributed by atoms with E-state index in [1.54, 1.807) is 0 Å². The predicted octanol–water partition coefficient (Wildman–Crippen LogP) is 3.27. The summed E-state index contributed by atoms with van der Waals surface area (Å²) in [6.07, 6.45) is 2.77. The van der Waals surface area contributed by atoms with Crippen LogP contribution in [0.15, 0.2) is 54.6 Å². The van der Waals surface area contributed by atoms with Gasteiger partial charge in [0.25, 0.3) is 0 Å². The number of nitrogens with zero attached hydrogens (tertiary/aromatic N) is 1. The summed E-state index contributed by atoms with van der Waals surface area (Å²) < 4.78 is 5.97. The molecule has 138 valence electrons. The number of carbonyl (C=O) groups is 1. The summed E-state index contributed by atoms with van der Waals surface area (Å²) in [7, 11) is 1.91. The zero-order valence-corrected chi connectivity index (χ0v) is 15.5. The molecule has 3 rings (SSSR count). The van der Waals surface area contributed by atoms with Crippen LogP contribution in [0.2, 0.25) is 0 Å². The van der Waals surface area contributed by atoms with Gasteiger partial charge in [-0.2, -0.15) is 0 Å². The van der Waals surface area contributed by atoms with Crippen LogP contribution in [0.5, 0.6) is 5.75 Å². The molecule has 0 spiro atoms. The predicted molar refractivity (Wildman–Crippen MR) is 104 cm³/mol. The fourth-order valence-corrected chi connectivity index (χ4v) is 3.39. The zero-order chi connectivity index (χ0) is 18.2. The summed E-state index contributed by atoms with van der Waals surface area (Å²) >= 11 is 0. The van der Waals surface area contributed by atoms with Gasteiger partial charge >= 0.3 is 0 Å². The molecule has 4 nitrogen and oxygen atoms in total. The van der Waals surface area contributed by atoms with Gasteiger partial charge in [0.05, 0.1) is 6.42 Å².